The number of aliphatic hydroxyl groups excluding tert-OH is 1. The Hall–Kier alpha value is -1.20. The molecule has 3 nitrogen and oxygen atoms in total. The molecule has 22 heavy (non-hydrogen) atoms. The molecule has 1 aliphatic heterocycles. The quantitative estimate of drug-likeness (QED) is 0.860. The predicted octanol–water partition coefficient (Wildman–Crippen LogP) is 2.57. The Morgan fingerprint density at radius 2 is 2.05 bits per heavy atom. The van der Waals surface area contributed by atoms with Gasteiger partial charge in [0.05, 0.1) is 6.10 Å². The third kappa shape index (κ3) is 4.17. The first-order valence-electron chi connectivity index (χ1n) is 7.94. The monoisotopic (exact) mass is 316 g/mol. The first-order chi connectivity index (χ1) is 10.7. The molecule has 2 heterocycles. The minimum atomic E-state index is -0.314. The van der Waals surface area contributed by atoms with Crippen molar-refractivity contribution < 1.29 is 5.11 Å². The molecule has 0 radical (unpaired) electrons. The van der Waals surface area contributed by atoms with Gasteiger partial charge in [0.1, 0.15) is 0 Å². The van der Waals surface area contributed by atoms with Gasteiger partial charge in [-0.25, -0.2) is 0 Å². The van der Waals surface area contributed by atoms with Crippen molar-refractivity contribution in [3.05, 3.63) is 57.3 Å². The lowest BCUT2D eigenvalue weighted by Crippen LogP contribution is -2.40. The van der Waals surface area contributed by atoms with Crippen molar-refractivity contribution in [1.29, 1.82) is 0 Å². The zero-order chi connectivity index (χ0) is 15.4. The van der Waals surface area contributed by atoms with Gasteiger partial charge < -0.3 is 10.4 Å². The summed E-state index contributed by atoms with van der Waals surface area (Å²) >= 11 is 1.81. The van der Waals surface area contributed by atoms with E-state index in [9.17, 15) is 5.11 Å². The maximum absolute atomic E-state index is 10.2. The number of aliphatic hydroxyl groups is 1. The van der Waals surface area contributed by atoms with Crippen LogP contribution in [0.1, 0.15) is 20.9 Å². The van der Waals surface area contributed by atoms with Crippen molar-refractivity contribution in [2.24, 2.45) is 0 Å². The fourth-order valence-corrected chi connectivity index (χ4v) is 3.87. The lowest BCUT2D eigenvalue weighted by Gasteiger charge is -2.30. The van der Waals surface area contributed by atoms with Gasteiger partial charge in [0.15, 0.2) is 0 Å². The molecule has 118 valence electrons. The van der Waals surface area contributed by atoms with E-state index in [4.69, 9.17) is 0 Å². The number of nitrogens with one attached hydrogen (secondary N) is 1. The van der Waals surface area contributed by atoms with Gasteiger partial charge in [-0.3, -0.25) is 4.90 Å². The number of benzene rings is 1. The smallest absolute Gasteiger partial charge is 0.0791 e. The van der Waals surface area contributed by atoms with Crippen molar-refractivity contribution in [3.8, 4) is 0 Å². The van der Waals surface area contributed by atoms with Crippen molar-refractivity contribution in [1.82, 2.24) is 10.2 Å². The highest BCUT2D eigenvalue weighted by molar-refractivity contribution is 7.11. The lowest BCUT2D eigenvalue weighted by molar-refractivity contribution is 0.104. The predicted molar refractivity (Wildman–Crippen MR) is 92.2 cm³/mol. The summed E-state index contributed by atoms with van der Waals surface area (Å²) < 4.78 is 0. The number of hydrogen-bond acceptors (Lipinski definition) is 4. The summed E-state index contributed by atoms with van der Waals surface area (Å²) in [6, 6.07) is 12.9. The van der Waals surface area contributed by atoms with Gasteiger partial charge in [-0.05, 0) is 36.6 Å². The molecule has 4 heteroatoms. The van der Waals surface area contributed by atoms with E-state index in [0.29, 0.717) is 6.54 Å². The molecule has 1 aromatic heterocycles. The number of fused-ring (bicyclic) bond motifs is 1. The molecule has 1 aromatic carbocycles. The van der Waals surface area contributed by atoms with Crippen molar-refractivity contribution in [2.75, 3.05) is 19.6 Å². The van der Waals surface area contributed by atoms with Crippen LogP contribution in [-0.4, -0.2) is 35.7 Å². The lowest BCUT2D eigenvalue weighted by atomic mass is 10.00. The number of rotatable bonds is 6. The summed E-state index contributed by atoms with van der Waals surface area (Å²) in [5.41, 5.74) is 2.86. The van der Waals surface area contributed by atoms with E-state index in [2.05, 4.69) is 53.5 Å². The van der Waals surface area contributed by atoms with Crippen LogP contribution in [0.25, 0.3) is 0 Å². The highest BCUT2D eigenvalue weighted by atomic mass is 32.1. The molecule has 0 fully saturated rings. The molecule has 0 saturated carbocycles. The van der Waals surface area contributed by atoms with Crippen molar-refractivity contribution >= 4 is 11.3 Å². The molecule has 2 N–H and O–H groups in total. The first kappa shape index (κ1) is 15.7. The maximum atomic E-state index is 10.2. The second-order valence-electron chi connectivity index (χ2n) is 6.05. The molecule has 3 rings (SSSR count). The van der Waals surface area contributed by atoms with E-state index >= 15 is 0 Å². The van der Waals surface area contributed by atoms with Crippen molar-refractivity contribution in [3.63, 3.8) is 0 Å². The van der Waals surface area contributed by atoms with Crippen LogP contribution in [0.3, 0.4) is 0 Å². The number of hydrogen-bond donors (Lipinski definition) is 2. The topological polar surface area (TPSA) is 35.5 Å². The maximum Gasteiger partial charge on any atom is 0.0791 e. The van der Waals surface area contributed by atoms with Crippen LogP contribution in [0, 0.1) is 6.92 Å². The van der Waals surface area contributed by atoms with Crippen LogP contribution in [0.2, 0.25) is 0 Å². The first-order valence-corrected chi connectivity index (χ1v) is 8.75. The van der Waals surface area contributed by atoms with Gasteiger partial charge in [0.25, 0.3) is 0 Å². The third-order valence-corrected chi connectivity index (χ3v) is 5.15. The summed E-state index contributed by atoms with van der Waals surface area (Å²) in [6.07, 6.45) is 0.774. The van der Waals surface area contributed by atoms with E-state index in [1.807, 2.05) is 11.3 Å². The zero-order valence-electron chi connectivity index (χ0n) is 13.1. The molecule has 1 aliphatic rings. The zero-order valence-corrected chi connectivity index (χ0v) is 13.9. The molecular weight excluding hydrogens is 292 g/mol. The summed E-state index contributed by atoms with van der Waals surface area (Å²) in [6.45, 7) is 6.35. The highest BCUT2D eigenvalue weighted by Crippen LogP contribution is 2.18. The van der Waals surface area contributed by atoms with Gasteiger partial charge >= 0.3 is 0 Å². The largest absolute Gasteiger partial charge is 0.390 e. The van der Waals surface area contributed by atoms with Crippen LogP contribution in [0.15, 0.2) is 36.4 Å². The van der Waals surface area contributed by atoms with Crippen LogP contribution >= 0.6 is 11.3 Å². The Morgan fingerprint density at radius 3 is 2.82 bits per heavy atom. The number of nitrogens with zero attached hydrogens (tertiary/aromatic N) is 1. The Kier molecular flexibility index (Phi) is 5.26. The van der Waals surface area contributed by atoms with E-state index in [1.54, 1.807) is 0 Å². The second kappa shape index (κ2) is 7.38. The van der Waals surface area contributed by atoms with Gasteiger partial charge in [0.2, 0.25) is 0 Å². The average Bonchev–Trinajstić information content (AvgIpc) is 2.92. The van der Waals surface area contributed by atoms with E-state index < -0.39 is 0 Å². The highest BCUT2D eigenvalue weighted by Gasteiger charge is 2.18. The molecule has 0 amide bonds. The molecular formula is C18H24N2OS. The summed E-state index contributed by atoms with van der Waals surface area (Å²) in [5.74, 6) is 0. The van der Waals surface area contributed by atoms with Gasteiger partial charge in [-0.2, -0.15) is 0 Å². The van der Waals surface area contributed by atoms with Crippen LogP contribution in [-0.2, 0) is 19.5 Å². The minimum absolute atomic E-state index is 0.314. The van der Waals surface area contributed by atoms with Gasteiger partial charge in [-0.15, -0.1) is 11.3 Å². The molecule has 0 bridgehead atoms. The van der Waals surface area contributed by atoms with E-state index in [1.165, 1.54) is 20.9 Å². The van der Waals surface area contributed by atoms with Crippen LogP contribution in [0.5, 0.6) is 0 Å². The Balaban J connectivity index is 1.42. The number of β-amino-alcohol motifs (C(OH)–C–C–N with tert-alkyl or cyclic N) is 1. The Labute approximate surface area is 136 Å². The van der Waals surface area contributed by atoms with Crippen molar-refractivity contribution in [2.45, 2.75) is 32.5 Å². The van der Waals surface area contributed by atoms with E-state index in [-0.39, 0.29) is 6.10 Å². The van der Waals surface area contributed by atoms with Gasteiger partial charge in [-0.1, -0.05) is 24.3 Å². The summed E-state index contributed by atoms with van der Waals surface area (Å²) in [7, 11) is 0. The standard InChI is InChI=1S/C18H24N2OS/c1-14-6-7-18(22-14)11-19-10-17(21)13-20-9-8-15-4-2-3-5-16(15)12-20/h2-7,17,19,21H,8-13H2,1H3. The molecule has 0 saturated heterocycles. The van der Waals surface area contributed by atoms with Gasteiger partial charge in [0, 0.05) is 42.5 Å². The normalized spacial score (nSPS) is 16.5. The fraction of sp³-hybridized carbons (Fsp3) is 0.444. The summed E-state index contributed by atoms with van der Waals surface area (Å²) in [4.78, 5) is 5.02. The number of aryl methyl sites for hydroxylation is 1. The van der Waals surface area contributed by atoms with Crippen LogP contribution < -0.4 is 5.32 Å². The molecule has 0 spiro atoms. The molecule has 1 unspecified atom stereocenters. The molecule has 2 aromatic rings. The average molecular weight is 316 g/mol. The Morgan fingerprint density at radius 1 is 1.23 bits per heavy atom. The minimum Gasteiger partial charge on any atom is -0.390 e. The molecule has 0 aliphatic carbocycles. The number of thiophene rings is 1. The summed E-state index contributed by atoms with van der Waals surface area (Å²) in [5, 5.41) is 13.6. The fourth-order valence-electron chi connectivity index (χ4n) is 3.01. The third-order valence-electron chi connectivity index (χ3n) is 4.15. The SMILES string of the molecule is Cc1ccc(CNCC(O)CN2CCc3ccccc3C2)s1. The molecule has 1 atom stereocenters. The van der Waals surface area contributed by atoms with E-state index in [0.717, 1.165) is 32.6 Å². The van der Waals surface area contributed by atoms with Crippen LogP contribution in [0.4, 0.5) is 0 Å². The second-order valence-corrected chi connectivity index (χ2v) is 7.42. The Bertz CT molecular complexity index is 611.